The zero-order valence-electron chi connectivity index (χ0n) is 17.9. The fraction of sp³-hybridized carbons (Fsp3) is 0.0435. The maximum atomic E-state index is 13.4. The van der Waals surface area contributed by atoms with Gasteiger partial charge in [0.2, 0.25) is 5.95 Å². The number of benzene rings is 1. The molecule has 5 aromatic heterocycles. The highest BCUT2D eigenvalue weighted by Gasteiger charge is 2.15. The summed E-state index contributed by atoms with van der Waals surface area (Å²) in [7, 11) is 1.84. The lowest BCUT2D eigenvalue weighted by molar-refractivity contribution is 0.627. The normalized spacial score (nSPS) is 11.2. The zero-order chi connectivity index (χ0) is 23.1. The Labute approximate surface area is 192 Å². The van der Waals surface area contributed by atoms with E-state index < -0.39 is 0 Å². The molecule has 1 aromatic carbocycles. The SMILES string of the molecule is Cn1nccc1Nc1nccc(-c2ccn3c(-c4ccnn4-c4ccc(F)cc4)nnc3c2)n1. The Morgan fingerprint density at radius 3 is 2.56 bits per heavy atom. The van der Waals surface area contributed by atoms with Gasteiger partial charge in [0.1, 0.15) is 17.3 Å². The summed E-state index contributed by atoms with van der Waals surface area (Å²) in [6.45, 7) is 0. The van der Waals surface area contributed by atoms with Crippen LogP contribution in [0.15, 0.2) is 79.4 Å². The minimum Gasteiger partial charge on any atom is -0.309 e. The molecule has 0 saturated heterocycles. The van der Waals surface area contributed by atoms with E-state index in [4.69, 9.17) is 0 Å². The molecule has 0 atom stereocenters. The van der Waals surface area contributed by atoms with Crippen molar-refractivity contribution in [3.8, 4) is 28.5 Å². The Balaban J connectivity index is 1.35. The number of anilines is 2. The van der Waals surface area contributed by atoms with Crippen LogP contribution in [0.1, 0.15) is 0 Å². The average molecular weight is 452 g/mol. The number of hydrogen-bond donors (Lipinski definition) is 1. The minimum absolute atomic E-state index is 0.304. The van der Waals surface area contributed by atoms with E-state index in [1.807, 2.05) is 48.0 Å². The van der Waals surface area contributed by atoms with E-state index in [-0.39, 0.29) is 5.82 Å². The van der Waals surface area contributed by atoms with Crippen molar-refractivity contribution in [2.75, 3.05) is 5.32 Å². The van der Waals surface area contributed by atoms with Crippen molar-refractivity contribution in [1.29, 1.82) is 0 Å². The Hall–Kier alpha value is -4.93. The summed E-state index contributed by atoms with van der Waals surface area (Å²) in [6, 6.07) is 15.5. The van der Waals surface area contributed by atoms with E-state index in [1.165, 1.54) is 12.1 Å². The number of nitrogens with one attached hydrogen (secondary N) is 1. The maximum Gasteiger partial charge on any atom is 0.228 e. The van der Waals surface area contributed by atoms with Gasteiger partial charge in [-0.2, -0.15) is 10.2 Å². The third-order valence-corrected chi connectivity index (χ3v) is 5.37. The molecule has 10 nitrogen and oxygen atoms in total. The molecule has 6 aromatic rings. The summed E-state index contributed by atoms with van der Waals surface area (Å²) in [5.41, 5.74) is 3.72. The van der Waals surface area contributed by atoms with Crippen LogP contribution in [0.25, 0.3) is 34.1 Å². The number of rotatable bonds is 5. The topological polar surface area (TPSA) is 104 Å². The molecule has 166 valence electrons. The highest BCUT2D eigenvalue weighted by Crippen LogP contribution is 2.25. The standard InChI is InChI=1S/C23H17FN10/c1-32-20(8-12-26-32)29-23-25-10-6-18(28-23)15-9-13-33-21(14-15)30-31-22(33)19-7-11-27-34(19)17-4-2-16(24)3-5-17/h2-14H,1H3,(H,25,28,29). The summed E-state index contributed by atoms with van der Waals surface area (Å²) in [5, 5.41) is 20.4. The lowest BCUT2D eigenvalue weighted by atomic mass is 10.2. The molecule has 5 heterocycles. The molecule has 0 aliphatic heterocycles. The summed E-state index contributed by atoms with van der Waals surface area (Å²) >= 11 is 0. The van der Waals surface area contributed by atoms with Crippen molar-refractivity contribution in [3.05, 3.63) is 85.2 Å². The molecule has 0 saturated carbocycles. The Kier molecular flexibility index (Phi) is 4.58. The minimum atomic E-state index is -0.304. The van der Waals surface area contributed by atoms with Gasteiger partial charge < -0.3 is 5.32 Å². The summed E-state index contributed by atoms with van der Waals surface area (Å²) < 4.78 is 18.6. The van der Waals surface area contributed by atoms with E-state index in [0.717, 1.165) is 28.5 Å². The predicted octanol–water partition coefficient (Wildman–Crippen LogP) is 3.66. The smallest absolute Gasteiger partial charge is 0.228 e. The highest BCUT2D eigenvalue weighted by molar-refractivity contribution is 5.67. The number of aromatic nitrogens is 9. The van der Waals surface area contributed by atoms with Crippen LogP contribution in [0.3, 0.4) is 0 Å². The van der Waals surface area contributed by atoms with Gasteiger partial charge in [-0.05, 0) is 48.5 Å². The van der Waals surface area contributed by atoms with Crippen LogP contribution in [-0.4, -0.2) is 44.1 Å². The van der Waals surface area contributed by atoms with Gasteiger partial charge in [0.05, 0.1) is 23.8 Å². The van der Waals surface area contributed by atoms with Crippen LogP contribution in [0.4, 0.5) is 16.2 Å². The van der Waals surface area contributed by atoms with Crippen molar-refractivity contribution >= 4 is 17.4 Å². The van der Waals surface area contributed by atoms with Gasteiger partial charge in [-0.15, -0.1) is 10.2 Å². The first kappa shape index (κ1) is 19.7. The third kappa shape index (κ3) is 3.45. The van der Waals surface area contributed by atoms with E-state index >= 15 is 0 Å². The van der Waals surface area contributed by atoms with Crippen molar-refractivity contribution in [2.45, 2.75) is 0 Å². The monoisotopic (exact) mass is 452 g/mol. The number of nitrogens with zero attached hydrogens (tertiary/aromatic N) is 9. The molecular weight excluding hydrogens is 435 g/mol. The second-order valence-corrected chi connectivity index (χ2v) is 7.50. The molecule has 0 aliphatic carbocycles. The molecule has 0 amide bonds. The number of fused-ring (bicyclic) bond motifs is 1. The molecule has 6 rings (SSSR count). The predicted molar refractivity (Wildman–Crippen MR) is 123 cm³/mol. The second kappa shape index (κ2) is 7.89. The number of hydrogen-bond acceptors (Lipinski definition) is 7. The number of pyridine rings is 1. The van der Waals surface area contributed by atoms with Crippen LogP contribution in [-0.2, 0) is 7.05 Å². The van der Waals surface area contributed by atoms with Crippen LogP contribution >= 0.6 is 0 Å². The molecule has 0 spiro atoms. The molecule has 0 bridgehead atoms. The quantitative estimate of drug-likeness (QED) is 0.426. The van der Waals surface area contributed by atoms with Crippen molar-refractivity contribution < 1.29 is 4.39 Å². The summed E-state index contributed by atoms with van der Waals surface area (Å²) in [6.07, 6.45) is 6.96. The highest BCUT2D eigenvalue weighted by atomic mass is 19.1. The summed E-state index contributed by atoms with van der Waals surface area (Å²) in [4.78, 5) is 8.91. The van der Waals surface area contributed by atoms with E-state index in [9.17, 15) is 4.39 Å². The molecule has 1 N–H and O–H groups in total. The average Bonchev–Trinajstić information content (AvgIpc) is 3.59. The van der Waals surface area contributed by atoms with Gasteiger partial charge in [0.25, 0.3) is 0 Å². The van der Waals surface area contributed by atoms with E-state index in [2.05, 4.69) is 35.7 Å². The lowest BCUT2D eigenvalue weighted by Gasteiger charge is -2.08. The van der Waals surface area contributed by atoms with Gasteiger partial charge in [-0.1, -0.05) is 0 Å². The molecule has 0 radical (unpaired) electrons. The Morgan fingerprint density at radius 2 is 1.74 bits per heavy atom. The van der Waals surface area contributed by atoms with Gasteiger partial charge in [0, 0.05) is 31.1 Å². The van der Waals surface area contributed by atoms with E-state index in [1.54, 1.807) is 40.1 Å². The Morgan fingerprint density at radius 1 is 0.882 bits per heavy atom. The zero-order valence-corrected chi connectivity index (χ0v) is 17.9. The van der Waals surface area contributed by atoms with Crippen LogP contribution < -0.4 is 5.32 Å². The third-order valence-electron chi connectivity index (χ3n) is 5.37. The first-order valence-electron chi connectivity index (χ1n) is 10.4. The molecule has 11 heteroatoms. The van der Waals surface area contributed by atoms with Gasteiger partial charge >= 0.3 is 0 Å². The largest absolute Gasteiger partial charge is 0.309 e. The first-order chi connectivity index (χ1) is 16.7. The van der Waals surface area contributed by atoms with E-state index in [0.29, 0.717) is 17.4 Å². The van der Waals surface area contributed by atoms with Crippen molar-refractivity contribution in [2.24, 2.45) is 7.05 Å². The van der Waals surface area contributed by atoms with Crippen LogP contribution in [0.5, 0.6) is 0 Å². The second-order valence-electron chi connectivity index (χ2n) is 7.50. The van der Waals surface area contributed by atoms with Gasteiger partial charge in [0.15, 0.2) is 11.5 Å². The number of aryl methyl sites for hydroxylation is 1. The lowest BCUT2D eigenvalue weighted by Crippen LogP contribution is -2.03. The van der Waals surface area contributed by atoms with Crippen molar-refractivity contribution in [3.63, 3.8) is 0 Å². The van der Waals surface area contributed by atoms with Crippen molar-refractivity contribution in [1.82, 2.24) is 44.1 Å². The molecular formula is C23H17FN10. The Bertz CT molecular complexity index is 1610. The number of halogens is 1. The first-order valence-corrected chi connectivity index (χ1v) is 10.4. The molecule has 0 unspecified atom stereocenters. The maximum absolute atomic E-state index is 13.4. The fourth-order valence-corrected chi connectivity index (χ4v) is 3.68. The van der Waals surface area contributed by atoms with Gasteiger partial charge in [-0.3, -0.25) is 9.08 Å². The van der Waals surface area contributed by atoms with Crippen LogP contribution in [0, 0.1) is 5.82 Å². The van der Waals surface area contributed by atoms with Crippen LogP contribution in [0.2, 0.25) is 0 Å². The molecule has 0 aliphatic rings. The fourth-order valence-electron chi connectivity index (χ4n) is 3.68. The summed E-state index contributed by atoms with van der Waals surface area (Å²) in [5.74, 6) is 1.56. The van der Waals surface area contributed by atoms with Gasteiger partial charge in [-0.25, -0.2) is 19.0 Å². The molecule has 34 heavy (non-hydrogen) atoms. The molecule has 0 fully saturated rings.